The maximum atomic E-state index is 12.7. The molecule has 0 atom stereocenters. The predicted octanol–water partition coefficient (Wildman–Crippen LogP) is 2.31. The second-order valence-electron chi connectivity index (χ2n) is 6.23. The van der Waals surface area contributed by atoms with E-state index < -0.39 is 0 Å². The Morgan fingerprint density at radius 3 is 2.52 bits per heavy atom. The summed E-state index contributed by atoms with van der Waals surface area (Å²) in [6, 6.07) is 11.7. The third-order valence-electron chi connectivity index (χ3n) is 4.24. The molecule has 0 saturated carbocycles. The van der Waals surface area contributed by atoms with Crippen LogP contribution in [0.2, 0.25) is 0 Å². The zero-order valence-electron chi connectivity index (χ0n) is 14.5. The fourth-order valence-electron chi connectivity index (χ4n) is 2.99. The Labute approximate surface area is 147 Å². The van der Waals surface area contributed by atoms with Crippen LogP contribution in [-0.2, 0) is 4.79 Å². The lowest BCUT2D eigenvalue weighted by Gasteiger charge is -2.36. The highest BCUT2D eigenvalue weighted by Crippen LogP contribution is 2.19. The average Bonchev–Trinajstić information content (AvgIpc) is 2.61. The molecule has 0 spiro atoms. The Kier molecular flexibility index (Phi) is 4.97. The van der Waals surface area contributed by atoms with Gasteiger partial charge < -0.3 is 15.1 Å². The van der Waals surface area contributed by atoms with Crippen LogP contribution in [0.1, 0.15) is 22.8 Å². The second-order valence-corrected chi connectivity index (χ2v) is 6.23. The van der Waals surface area contributed by atoms with Crippen molar-refractivity contribution < 1.29 is 9.59 Å². The van der Waals surface area contributed by atoms with Crippen molar-refractivity contribution in [2.45, 2.75) is 13.8 Å². The third kappa shape index (κ3) is 4.15. The van der Waals surface area contributed by atoms with E-state index >= 15 is 0 Å². The van der Waals surface area contributed by atoms with E-state index in [0.717, 1.165) is 13.1 Å². The molecule has 130 valence electrons. The van der Waals surface area contributed by atoms with Gasteiger partial charge in [0.25, 0.3) is 5.91 Å². The largest absolute Gasteiger partial charge is 0.368 e. The minimum absolute atomic E-state index is 0.0297. The van der Waals surface area contributed by atoms with Crippen molar-refractivity contribution in [3.05, 3.63) is 53.7 Å². The topological polar surface area (TPSA) is 65.5 Å². The van der Waals surface area contributed by atoms with E-state index in [1.54, 1.807) is 18.3 Å². The van der Waals surface area contributed by atoms with E-state index in [2.05, 4.69) is 46.4 Å². The van der Waals surface area contributed by atoms with Gasteiger partial charge in [0.2, 0.25) is 5.91 Å². The van der Waals surface area contributed by atoms with Crippen molar-refractivity contribution in [2.24, 2.45) is 0 Å². The zero-order chi connectivity index (χ0) is 17.8. The lowest BCUT2D eigenvalue weighted by atomic mass is 10.1. The molecular weight excluding hydrogens is 316 g/mol. The van der Waals surface area contributed by atoms with Crippen molar-refractivity contribution in [3.8, 4) is 0 Å². The summed E-state index contributed by atoms with van der Waals surface area (Å²) in [6.45, 7) is 6.45. The summed E-state index contributed by atoms with van der Waals surface area (Å²) >= 11 is 0. The molecule has 1 aliphatic rings. The fraction of sp³-hybridized carbons (Fsp3) is 0.316. The minimum atomic E-state index is -0.205. The Balaban J connectivity index is 1.64. The number of pyridine rings is 1. The number of carbonyl (C=O) groups excluding carboxylic acids is 2. The summed E-state index contributed by atoms with van der Waals surface area (Å²) in [5.74, 6) is 0.165. The van der Waals surface area contributed by atoms with Gasteiger partial charge in [0.05, 0.1) is 0 Å². The lowest BCUT2D eigenvalue weighted by Crippen LogP contribution is -2.48. The molecule has 1 aromatic carbocycles. The van der Waals surface area contributed by atoms with E-state index in [1.807, 2.05) is 4.90 Å². The standard InChI is InChI=1S/C19H22N4O2/c1-14-4-3-5-17(12-14)22-8-10-23(11-9-22)19(25)16-6-7-20-18(13-16)21-15(2)24/h3-7,12-13H,8-11H2,1-2H3,(H,20,21,24). The molecule has 0 unspecified atom stereocenters. The molecule has 0 aliphatic carbocycles. The highest BCUT2D eigenvalue weighted by atomic mass is 16.2. The van der Waals surface area contributed by atoms with Crippen molar-refractivity contribution in [2.75, 3.05) is 36.4 Å². The lowest BCUT2D eigenvalue weighted by molar-refractivity contribution is -0.114. The van der Waals surface area contributed by atoms with Crippen molar-refractivity contribution >= 4 is 23.3 Å². The van der Waals surface area contributed by atoms with Crippen LogP contribution < -0.4 is 10.2 Å². The van der Waals surface area contributed by atoms with Gasteiger partial charge in [0.1, 0.15) is 5.82 Å². The van der Waals surface area contributed by atoms with Gasteiger partial charge in [-0.15, -0.1) is 0 Å². The molecular formula is C19H22N4O2. The highest BCUT2D eigenvalue weighted by Gasteiger charge is 2.22. The van der Waals surface area contributed by atoms with E-state index in [-0.39, 0.29) is 11.8 Å². The van der Waals surface area contributed by atoms with E-state index in [1.165, 1.54) is 18.2 Å². The Morgan fingerprint density at radius 2 is 1.84 bits per heavy atom. The van der Waals surface area contributed by atoms with Gasteiger partial charge >= 0.3 is 0 Å². The Morgan fingerprint density at radius 1 is 1.08 bits per heavy atom. The first-order valence-electron chi connectivity index (χ1n) is 8.37. The van der Waals surface area contributed by atoms with Gasteiger partial charge in [-0.1, -0.05) is 12.1 Å². The summed E-state index contributed by atoms with van der Waals surface area (Å²) in [4.78, 5) is 32.0. The number of piperazine rings is 1. The number of aromatic nitrogens is 1. The molecule has 3 rings (SSSR count). The van der Waals surface area contributed by atoms with Crippen LogP contribution in [0.3, 0.4) is 0 Å². The number of nitrogens with zero attached hydrogens (tertiary/aromatic N) is 3. The van der Waals surface area contributed by atoms with E-state index in [9.17, 15) is 9.59 Å². The van der Waals surface area contributed by atoms with E-state index in [0.29, 0.717) is 24.5 Å². The molecule has 2 aromatic rings. The molecule has 1 aliphatic heterocycles. The van der Waals surface area contributed by atoms with Gasteiger partial charge in [-0.25, -0.2) is 4.98 Å². The fourth-order valence-corrected chi connectivity index (χ4v) is 2.99. The summed E-state index contributed by atoms with van der Waals surface area (Å²) in [7, 11) is 0. The summed E-state index contributed by atoms with van der Waals surface area (Å²) < 4.78 is 0. The monoisotopic (exact) mass is 338 g/mol. The number of rotatable bonds is 3. The van der Waals surface area contributed by atoms with Crippen LogP contribution in [0.25, 0.3) is 0 Å². The molecule has 25 heavy (non-hydrogen) atoms. The number of nitrogens with one attached hydrogen (secondary N) is 1. The quantitative estimate of drug-likeness (QED) is 0.933. The molecule has 0 bridgehead atoms. The van der Waals surface area contributed by atoms with Crippen LogP contribution in [0.15, 0.2) is 42.6 Å². The smallest absolute Gasteiger partial charge is 0.254 e. The first-order chi connectivity index (χ1) is 12.0. The molecule has 1 N–H and O–H groups in total. The molecule has 1 saturated heterocycles. The number of hydrogen-bond donors (Lipinski definition) is 1. The molecule has 2 amide bonds. The molecule has 1 aromatic heterocycles. The maximum Gasteiger partial charge on any atom is 0.254 e. The first-order valence-corrected chi connectivity index (χ1v) is 8.37. The van der Waals surface area contributed by atoms with E-state index in [4.69, 9.17) is 0 Å². The predicted molar refractivity (Wildman–Crippen MR) is 97.8 cm³/mol. The average molecular weight is 338 g/mol. The van der Waals surface area contributed by atoms with Crippen LogP contribution >= 0.6 is 0 Å². The highest BCUT2D eigenvalue weighted by molar-refractivity contribution is 5.96. The van der Waals surface area contributed by atoms with Crippen LogP contribution in [0, 0.1) is 6.92 Å². The Hall–Kier alpha value is -2.89. The molecule has 2 heterocycles. The summed E-state index contributed by atoms with van der Waals surface area (Å²) in [5, 5.41) is 2.61. The number of hydrogen-bond acceptors (Lipinski definition) is 4. The van der Waals surface area contributed by atoms with Crippen LogP contribution in [-0.4, -0.2) is 47.9 Å². The summed E-state index contributed by atoms with van der Waals surface area (Å²) in [6.07, 6.45) is 1.54. The number of aryl methyl sites for hydroxylation is 1. The molecule has 1 fully saturated rings. The van der Waals surface area contributed by atoms with Crippen LogP contribution in [0.5, 0.6) is 0 Å². The number of carbonyl (C=O) groups is 2. The number of amides is 2. The SMILES string of the molecule is CC(=O)Nc1cc(C(=O)N2CCN(c3cccc(C)c3)CC2)ccn1. The molecule has 6 nitrogen and oxygen atoms in total. The normalized spacial score (nSPS) is 14.3. The van der Waals surface area contributed by atoms with Crippen molar-refractivity contribution in [1.29, 1.82) is 0 Å². The van der Waals surface area contributed by atoms with Gasteiger partial charge in [-0.05, 0) is 36.8 Å². The maximum absolute atomic E-state index is 12.7. The first kappa shape index (κ1) is 17.0. The van der Waals surface area contributed by atoms with Crippen molar-refractivity contribution in [3.63, 3.8) is 0 Å². The van der Waals surface area contributed by atoms with Gasteiger partial charge in [0, 0.05) is 50.6 Å². The van der Waals surface area contributed by atoms with Gasteiger partial charge in [0.15, 0.2) is 0 Å². The van der Waals surface area contributed by atoms with Crippen LogP contribution in [0.4, 0.5) is 11.5 Å². The molecule has 6 heteroatoms. The second kappa shape index (κ2) is 7.34. The third-order valence-corrected chi connectivity index (χ3v) is 4.24. The molecule has 0 radical (unpaired) electrons. The summed E-state index contributed by atoms with van der Waals surface area (Å²) in [5.41, 5.74) is 2.98. The van der Waals surface area contributed by atoms with Crippen molar-refractivity contribution in [1.82, 2.24) is 9.88 Å². The number of anilines is 2. The number of benzene rings is 1. The zero-order valence-corrected chi connectivity index (χ0v) is 14.5. The Bertz CT molecular complexity index is 782. The minimum Gasteiger partial charge on any atom is -0.368 e. The van der Waals surface area contributed by atoms with Gasteiger partial charge in [-0.3, -0.25) is 9.59 Å². The van der Waals surface area contributed by atoms with Gasteiger partial charge in [-0.2, -0.15) is 0 Å².